The number of nitrogens with one attached hydrogen (secondary N) is 1. The summed E-state index contributed by atoms with van der Waals surface area (Å²) in [5, 5.41) is 10.0. The van der Waals surface area contributed by atoms with Gasteiger partial charge in [0.05, 0.1) is 46.1 Å². The molecule has 6 heteroatoms. The van der Waals surface area contributed by atoms with Crippen LogP contribution in [0.5, 0.6) is 17.2 Å². The summed E-state index contributed by atoms with van der Waals surface area (Å²) < 4.78 is 24.4. The fraction of sp³-hybridized carbons (Fsp3) is 0.368. The van der Waals surface area contributed by atoms with Gasteiger partial charge in [0.2, 0.25) is 5.75 Å². The number of phenols is 1. The molecule has 1 fully saturated rings. The van der Waals surface area contributed by atoms with Crippen molar-refractivity contribution in [1.29, 1.82) is 0 Å². The average Bonchev–Trinajstić information content (AvgIpc) is 2.64. The Bertz CT molecular complexity index is 705. The maximum atomic E-state index is 13.9. The van der Waals surface area contributed by atoms with E-state index in [2.05, 4.69) is 4.90 Å². The predicted molar refractivity (Wildman–Crippen MR) is 94.2 cm³/mol. The molecular weight excluding hydrogens is 323 g/mol. The molecule has 1 aliphatic rings. The topological polar surface area (TPSA) is 46.4 Å². The molecule has 1 aliphatic heterocycles. The Morgan fingerprint density at radius 2 is 1.68 bits per heavy atom. The van der Waals surface area contributed by atoms with Gasteiger partial charge in [0.1, 0.15) is 12.4 Å². The van der Waals surface area contributed by atoms with E-state index in [-0.39, 0.29) is 11.6 Å². The van der Waals surface area contributed by atoms with Crippen molar-refractivity contribution in [3.8, 4) is 17.2 Å². The van der Waals surface area contributed by atoms with Crippen LogP contribution in [0.1, 0.15) is 5.56 Å². The number of phenolic OH excluding ortho intramolecular Hbond substituents is 1. The van der Waals surface area contributed by atoms with Crippen LogP contribution >= 0.6 is 0 Å². The Hall–Kier alpha value is -2.47. The average molecular weight is 347 g/mol. The predicted octanol–water partition coefficient (Wildman–Crippen LogP) is 1.45. The fourth-order valence-electron chi connectivity index (χ4n) is 3.29. The van der Waals surface area contributed by atoms with Gasteiger partial charge in [-0.25, -0.2) is 4.39 Å². The number of anilines is 1. The zero-order valence-corrected chi connectivity index (χ0v) is 14.6. The van der Waals surface area contributed by atoms with Gasteiger partial charge in [-0.15, -0.1) is 0 Å². The third kappa shape index (κ3) is 3.79. The van der Waals surface area contributed by atoms with Gasteiger partial charge in [0.15, 0.2) is 11.5 Å². The van der Waals surface area contributed by atoms with Crippen molar-refractivity contribution >= 4 is 5.69 Å². The van der Waals surface area contributed by atoms with Crippen LogP contribution in [-0.2, 0) is 6.54 Å². The summed E-state index contributed by atoms with van der Waals surface area (Å²) >= 11 is 0. The molecule has 0 aromatic heterocycles. The first-order valence-corrected chi connectivity index (χ1v) is 8.39. The quantitative estimate of drug-likeness (QED) is 0.860. The molecule has 2 aromatic carbocycles. The van der Waals surface area contributed by atoms with E-state index in [1.807, 2.05) is 24.3 Å². The number of hydrogen-bond donors (Lipinski definition) is 2. The van der Waals surface area contributed by atoms with Crippen LogP contribution < -0.4 is 19.3 Å². The minimum atomic E-state index is -0.168. The first-order valence-electron chi connectivity index (χ1n) is 8.39. The third-order valence-electron chi connectivity index (χ3n) is 4.66. The van der Waals surface area contributed by atoms with Gasteiger partial charge in [-0.1, -0.05) is 12.1 Å². The standard InChI is InChI=1S/C19H23FN2O3/c1-24-17-11-14(12-18(25-2)19(17)23)13-21-7-9-22(10-8-21)16-6-4-3-5-15(16)20/h3-6,11-12,23H,7-10,13H2,1-2H3/p+1. The number of halogens is 1. The number of quaternary nitrogens is 1. The molecule has 0 aliphatic carbocycles. The summed E-state index contributed by atoms with van der Waals surface area (Å²) in [7, 11) is 3.05. The maximum absolute atomic E-state index is 13.9. The number of aromatic hydroxyl groups is 1. The summed E-state index contributed by atoms with van der Waals surface area (Å²) in [5.74, 6) is 0.685. The largest absolute Gasteiger partial charge is 0.502 e. The summed E-state index contributed by atoms with van der Waals surface area (Å²) in [5.41, 5.74) is 1.72. The van der Waals surface area contributed by atoms with Gasteiger partial charge in [0, 0.05) is 5.56 Å². The van der Waals surface area contributed by atoms with Gasteiger partial charge >= 0.3 is 0 Å². The minimum Gasteiger partial charge on any atom is -0.502 e. The Morgan fingerprint density at radius 1 is 1.08 bits per heavy atom. The van der Waals surface area contributed by atoms with E-state index in [4.69, 9.17) is 9.47 Å². The number of ether oxygens (including phenoxy) is 2. The lowest BCUT2D eigenvalue weighted by Gasteiger charge is -2.33. The molecule has 0 unspecified atom stereocenters. The lowest BCUT2D eigenvalue weighted by Crippen LogP contribution is -3.13. The van der Waals surface area contributed by atoms with Crippen LogP contribution in [0.3, 0.4) is 0 Å². The molecule has 5 nitrogen and oxygen atoms in total. The molecule has 2 aromatic rings. The van der Waals surface area contributed by atoms with Crippen molar-refractivity contribution in [2.45, 2.75) is 6.54 Å². The Kier molecular flexibility index (Phi) is 5.28. The lowest BCUT2D eigenvalue weighted by molar-refractivity contribution is -0.914. The number of rotatable bonds is 5. The lowest BCUT2D eigenvalue weighted by atomic mass is 10.1. The van der Waals surface area contributed by atoms with Crippen LogP contribution in [0.15, 0.2) is 36.4 Å². The molecule has 1 saturated heterocycles. The molecule has 0 radical (unpaired) electrons. The molecule has 0 amide bonds. The van der Waals surface area contributed by atoms with Gasteiger partial charge in [-0.2, -0.15) is 0 Å². The SMILES string of the molecule is COc1cc(C[NH+]2CCN(c3ccccc3F)CC2)cc(OC)c1O. The van der Waals surface area contributed by atoms with Gasteiger partial charge in [-0.3, -0.25) is 0 Å². The molecule has 3 rings (SSSR count). The van der Waals surface area contributed by atoms with E-state index < -0.39 is 0 Å². The monoisotopic (exact) mass is 347 g/mol. The third-order valence-corrected chi connectivity index (χ3v) is 4.66. The van der Waals surface area contributed by atoms with Crippen LogP contribution in [0.25, 0.3) is 0 Å². The highest BCUT2D eigenvalue weighted by molar-refractivity contribution is 5.52. The van der Waals surface area contributed by atoms with Crippen molar-refractivity contribution in [2.75, 3.05) is 45.3 Å². The molecule has 25 heavy (non-hydrogen) atoms. The van der Waals surface area contributed by atoms with E-state index in [0.717, 1.165) is 38.3 Å². The van der Waals surface area contributed by atoms with E-state index >= 15 is 0 Å². The van der Waals surface area contributed by atoms with Crippen molar-refractivity contribution in [1.82, 2.24) is 0 Å². The second-order valence-electron chi connectivity index (χ2n) is 6.21. The van der Waals surface area contributed by atoms with E-state index in [1.54, 1.807) is 6.07 Å². The van der Waals surface area contributed by atoms with Gasteiger partial charge < -0.3 is 24.4 Å². The second-order valence-corrected chi connectivity index (χ2v) is 6.21. The fourth-order valence-corrected chi connectivity index (χ4v) is 3.29. The zero-order valence-electron chi connectivity index (χ0n) is 14.6. The van der Waals surface area contributed by atoms with Crippen molar-refractivity contribution in [3.63, 3.8) is 0 Å². The Morgan fingerprint density at radius 3 is 2.24 bits per heavy atom. The highest BCUT2D eigenvalue weighted by Crippen LogP contribution is 2.36. The molecule has 134 valence electrons. The molecular formula is C19H24FN2O3+. The molecule has 0 saturated carbocycles. The van der Waals surface area contributed by atoms with E-state index in [1.165, 1.54) is 25.2 Å². The molecule has 1 heterocycles. The summed E-state index contributed by atoms with van der Waals surface area (Å²) in [6.45, 7) is 4.25. The molecule has 0 atom stereocenters. The normalized spacial score (nSPS) is 15.2. The first kappa shape index (κ1) is 17.4. The van der Waals surface area contributed by atoms with E-state index in [9.17, 15) is 9.50 Å². The maximum Gasteiger partial charge on any atom is 0.200 e. The Balaban J connectivity index is 1.65. The molecule has 0 spiro atoms. The Labute approximate surface area is 147 Å². The number of hydrogen-bond acceptors (Lipinski definition) is 4. The number of benzene rings is 2. The highest BCUT2D eigenvalue weighted by Gasteiger charge is 2.23. The number of nitrogens with zero attached hydrogens (tertiary/aromatic N) is 1. The van der Waals surface area contributed by atoms with Gasteiger partial charge in [0.25, 0.3) is 0 Å². The van der Waals surface area contributed by atoms with Crippen LogP contribution in [-0.4, -0.2) is 45.5 Å². The number of para-hydroxylation sites is 1. The number of piperazine rings is 1. The zero-order chi connectivity index (χ0) is 17.8. The molecule has 0 bridgehead atoms. The van der Waals surface area contributed by atoms with Crippen LogP contribution in [0.4, 0.5) is 10.1 Å². The van der Waals surface area contributed by atoms with Crippen molar-refractivity contribution in [2.24, 2.45) is 0 Å². The highest BCUT2D eigenvalue weighted by atomic mass is 19.1. The summed E-state index contributed by atoms with van der Waals surface area (Å²) in [6.07, 6.45) is 0. The van der Waals surface area contributed by atoms with Crippen LogP contribution in [0.2, 0.25) is 0 Å². The smallest absolute Gasteiger partial charge is 0.200 e. The van der Waals surface area contributed by atoms with Crippen molar-refractivity contribution < 1.29 is 23.9 Å². The van der Waals surface area contributed by atoms with Crippen LogP contribution in [0, 0.1) is 5.82 Å². The second kappa shape index (κ2) is 7.61. The number of methoxy groups -OCH3 is 2. The summed E-state index contributed by atoms with van der Waals surface area (Å²) in [4.78, 5) is 3.50. The summed E-state index contributed by atoms with van der Waals surface area (Å²) in [6, 6.07) is 10.6. The first-order chi connectivity index (χ1) is 12.1. The van der Waals surface area contributed by atoms with E-state index in [0.29, 0.717) is 17.2 Å². The van der Waals surface area contributed by atoms with Crippen molar-refractivity contribution in [3.05, 3.63) is 47.8 Å². The molecule has 2 N–H and O–H groups in total. The van der Waals surface area contributed by atoms with Gasteiger partial charge in [-0.05, 0) is 24.3 Å². The minimum absolute atomic E-state index is 0.0214.